The maximum atomic E-state index is 15.0. The summed E-state index contributed by atoms with van der Waals surface area (Å²) in [5.74, 6) is 0.0252. The van der Waals surface area contributed by atoms with E-state index < -0.39 is 28.6 Å². The lowest BCUT2D eigenvalue weighted by molar-refractivity contribution is -0.147. The maximum absolute atomic E-state index is 15.0. The molecule has 1 aromatic heterocycles. The Balaban J connectivity index is 0.00000109. The number of H-pyrrole nitrogens is 1. The normalized spacial score (nSPS) is 36.1. The molecule has 5 aliphatic heterocycles. The highest BCUT2D eigenvalue weighted by molar-refractivity contribution is 5.94. The molecule has 4 N–H and O–H groups in total. The Hall–Kier alpha value is -3.41. The van der Waals surface area contributed by atoms with Gasteiger partial charge in [-0.2, -0.15) is 0 Å². The van der Waals surface area contributed by atoms with E-state index in [1.165, 1.54) is 7.11 Å². The molecule has 0 amide bonds. The zero-order chi connectivity index (χ0) is 38.7. The number of esters is 1. The standard InChI is InChI=1S/C40H50N4O6.2C2H6/c1-5-38(48)19-23-20-40(37(47)50-4,34-25(12-15-43(21-23)22-38)24-9-6-7-11-29(24)41-34)28-17-27-30(18-31(28)49-3)42(2)36-33(46)32(45)26-10-8-14-44-16-13-39(27,36)35(26)44;2*1-2/h6-11,17-18,23,26,32-33,35-36,41,45-46,48H,5,12-16,19-22H2,1-4H3;2*1-2H3/t23?,26?,32?,33?,35?,36?,38?,39?,40-;;/m0../s1. The number of nitrogens with one attached hydrogen (secondary N) is 1. The van der Waals surface area contributed by atoms with Crippen LogP contribution in [-0.2, 0) is 26.8 Å². The molecule has 0 radical (unpaired) electrons. The second kappa shape index (κ2) is 14.6. The number of aromatic nitrogens is 1. The van der Waals surface area contributed by atoms with Gasteiger partial charge in [0.1, 0.15) is 17.3 Å². The summed E-state index contributed by atoms with van der Waals surface area (Å²) >= 11 is 0. The van der Waals surface area contributed by atoms with E-state index >= 15 is 4.79 Å². The summed E-state index contributed by atoms with van der Waals surface area (Å²) in [7, 11) is 5.15. The van der Waals surface area contributed by atoms with Crippen LogP contribution in [0.5, 0.6) is 5.75 Å². The summed E-state index contributed by atoms with van der Waals surface area (Å²) in [6.45, 7) is 13.9. The number of nitrogens with zero attached hydrogens (tertiary/aromatic N) is 3. The Labute approximate surface area is 321 Å². The Morgan fingerprint density at radius 2 is 1.76 bits per heavy atom. The average Bonchev–Trinajstić information content (AvgIpc) is 3.86. The van der Waals surface area contributed by atoms with Crippen LogP contribution in [0.1, 0.15) is 82.7 Å². The number of anilines is 1. The molecule has 10 nitrogen and oxygen atoms in total. The van der Waals surface area contributed by atoms with E-state index in [0.29, 0.717) is 38.0 Å². The number of benzene rings is 2. The van der Waals surface area contributed by atoms with Crippen molar-refractivity contribution in [2.24, 2.45) is 11.8 Å². The van der Waals surface area contributed by atoms with Gasteiger partial charge in [0.15, 0.2) is 0 Å². The van der Waals surface area contributed by atoms with Gasteiger partial charge < -0.3 is 34.7 Å². The van der Waals surface area contributed by atoms with Gasteiger partial charge in [0, 0.05) is 84.5 Å². The summed E-state index contributed by atoms with van der Waals surface area (Å²) in [5, 5.41) is 36.3. The number of ether oxygens (including phenoxy) is 2. The minimum Gasteiger partial charge on any atom is -0.496 e. The van der Waals surface area contributed by atoms with E-state index in [9.17, 15) is 15.3 Å². The predicted molar refractivity (Wildman–Crippen MR) is 213 cm³/mol. The molecule has 3 aromatic rings. The van der Waals surface area contributed by atoms with Gasteiger partial charge in [0.25, 0.3) is 0 Å². The Kier molecular flexibility index (Phi) is 10.5. The van der Waals surface area contributed by atoms with Crippen molar-refractivity contribution in [1.29, 1.82) is 0 Å². The Morgan fingerprint density at radius 1 is 1.00 bits per heavy atom. The fourth-order valence-corrected chi connectivity index (χ4v) is 11.9. The molecule has 2 bridgehead atoms. The van der Waals surface area contributed by atoms with Gasteiger partial charge in [-0.3, -0.25) is 14.6 Å². The zero-order valence-electron chi connectivity index (χ0n) is 33.6. The molecule has 1 aliphatic carbocycles. The van der Waals surface area contributed by atoms with E-state index in [1.807, 2.05) is 53.8 Å². The van der Waals surface area contributed by atoms with E-state index in [4.69, 9.17) is 9.47 Å². The highest BCUT2D eigenvalue weighted by Crippen LogP contribution is 2.62. The van der Waals surface area contributed by atoms with Crippen LogP contribution < -0.4 is 9.64 Å². The highest BCUT2D eigenvalue weighted by Gasteiger charge is 2.68. The van der Waals surface area contributed by atoms with Gasteiger partial charge >= 0.3 is 5.97 Å². The number of hydrogen-bond acceptors (Lipinski definition) is 9. The second-order valence-corrected chi connectivity index (χ2v) is 16.1. The van der Waals surface area contributed by atoms with Crippen LogP contribution in [0.2, 0.25) is 0 Å². The van der Waals surface area contributed by atoms with E-state index in [2.05, 4.69) is 56.1 Å². The van der Waals surface area contributed by atoms with Crippen molar-refractivity contribution in [3.05, 3.63) is 70.9 Å². The first-order chi connectivity index (χ1) is 26.1. The molecule has 3 fully saturated rings. The molecule has 1 saturated carbocycles. The maximum Gasteiger partial charge on any atom is 0.322 e. The van der Waals surface area contributed by atoms with E-state index in [1.54, 1.807) is 7.11 Å². The van der Waals surface area contributed by atoms with Gasteiger partial charge in [-0.25, -0.2) is 0 Å². The number of para-hydroxylation sites is 1. The van der Waals surface area contributed by atoms with Gasteiger partial charge in [-0.05, 0) is 67.8 Å². The summed E-state index contributed by atoms with van der Waals surface area (Å²) in [5.41, 5.74) is 3.11. The van der Waals surface area contributed by atoms with Gasteiger partial charge in [-0.15, -0.1) is 0 Å². The van der Waals surface area contributed by atoms with Crippen LogP contribution >= 0.6 is 0 Å². The lowest BCUT2D eigenvalue weighted by Gasteiger charge is -2.54. The van der Waals surface area contributed by atoms with Crippen molar-refractivity contribution in [2.75, 3.05) is 58.9 Å². The van der Waals surface area contributed by atoms with Crippen molar-refractivity contribution < 1.29 is 29.6 Å². The number of likely N-dealkylation sites (N-methyl/N-ethyl adjacent to an activating group) is 1. The highest BCUT2D eigenvalue weighted by atomic mass is 16.5. The van der Waals surface area contributed by atoms with Crippen LogP contribution in [0, 0.1) is 11.8 Å². The molecule has 1 spiro atoms. The summed E-state index contributed by atoms with van der Waals surface area (Å²) < 4.78 is 12.2. The largest absolute Gasteiger partial charge is 0.496 e. The summed E-state index contributed by atoms with van der Waals surface area (Å²) in [4.78, 5) is 25.8. The topological polar surface area (TPSA) is 122 Å². The molecule has 2 aromatic carbocycles. The molecule has 294 valence electrons. The molecule has 10 atom stereocenters. The monoisotopic (exact) mass is 742 g/mol. The first-order valence-electron chi connectivity index (χ1n) is 20.5. The molecular weight excluding hydrogens is 681 g/mol. The van der Waals surface area contributed by atoms with Crippen molar-refractivity contribution in [2.45, 2.75) is 107 Å². The van der Waals surface area contributed by atoms with Crippen LogP contribution in [0.15, 0.2) is 48.6 Å². The molecule has 2 saturated heterocycles. The summed E-state index contributed by atoms with van der Waals surface area (Å²) in [6, 6.07) is 12.2. The van der Waals surface area contributed by atoms with Gasteiger partial charge in [-0.1, -0.05) is 65.0 Å². The Morgan fingerprint density at radius 3 is 2.48 bits per heavy atom. The number of methoxy groups -OCH3 is 2. The summed E-state index contributed by atoms with van der Waals surface area (Å²) in [6.07, 6.45) is 5.60. The van der Waals surface area contributed by atoms with Crippen LogP contribution in [0.3, 0.4) is 0 Å². The van der Waals surface area contributed by atoms with Crippen molar-refractivity contribution in [1.82, 2.24) is 14.8 Å². The third kappa shape index (κ3) is 5.41. The molecule has 54 heavy (non-hydrogen) atoms. The average molecular weight is 743 g/mol. The first-order valence-corrected chi connectivity index (χ1v) is 20.5. The van der Waals surface area contributed by atoms with Crippen LogP contribution in [0.4, 0.5) is 5.69 Å². The minimum absolute atomic E-state index is 0.00167. The number of rotatable bonds is 4. The lowest BCUT2D eigenvalue weighted by Crippen LogP contribution is -2.69. The molecule has 9 rings (SSSR count). The van der Waals surface area contributed by atoms with Crippen molar-refractivity contribution in [3.63, 3.8) is 0 Å². The zero-order valence-corrected chi connectivity index (χ0v) is 33.6. The first kappa shape index (κ1) is 38.8. The third-order valence-electron chi connectivity index (χ3n) is 13.9. The van der Waals surface area contributed by atoms with Crippen molar-refractivity contribution >= 4 is 22.6 Å². The Bertz CT molecular complexity index is 1890. The van der Waals surface area contributed by atoms with E-state index in [-0.39, 0.29) is 29.9 Å². The fourth-order valence-electron chi connectivity index (χ4n) is 11.9. The molecule has 6 heterocycles. The van der Waals surface area contributed by atoms with E-state index in [0.717, 1.165) is 71.6 Å². The number of hydrogen-bond donors (Lipinski definition) is 4. The predicted octanol–water partition coefficient (Wildman–Crippen LogP) is 5.15. The minimum atomic E-state index is -1.28. The number of aliphatic hydroxyl groups excluding tert-OH is 2. The molecule has 9 unspecified atom stereocenters. The van der Waals surface area contributed by atoms with Crippen LogP contribution in [-0.4, -0.2) is 120 Å². The number of aromatic amines is 1. The molecular formula is C44H62N4O6. The number of aliphatic hydroxyl groups is 3. The molecule has 10 heteroatoms. The smallest absolute Gasteiger partial charge is 0.322 e. The molecule has 6 aliphatic rings. The fraction of sp³-hybridized carbons (Fsp3) is 0.614. The lowest BCUT2D eigenvalue weighted by atomic mass is 9.58. The number of carbonyl (C=O) groups excluding carboxylic acids is 1. The SMILES string of the molecule is CC.CC.CCC1(O)CC2CN(CCc3c([nH]c4ccccc34)[C@@](C(=O)OC)(c3cc4c(cc3OC)N(C)C3C(O)C(O)C5C=CCN6CCC43C56)C2)C1. The van der Waals surface area contributed by atoms with Gasteiger partial charge in [0.05, 0.1) is 32.0 Å². The number of carbonyl (C=O) groups is 1. The second-order valence-electron chi connectivity index (χ2n) is 16.1. The number of piperidine rings is 1. The van der Waals surface area contributed by atoms with Gasteiger partial charge in [0.2, 0.25) is 0 Å². The quantitative estimate of drug-likeness (QED) is 0.213. The van der Waals surface area contributed by atoms with Crippen molar-refractivity contribution in [3.8, 4) is 5.75 Å². The number of fused-ring (bicyclic) bond motifs is 6. The van der Waals surface area contributed by atoms with Crippen LogP contribution in [0.25, 0.3) is 10.9 Å². The third-order valence-corrected chi connectivity index (χ3v) is 13.9.